The van der Waals surface area contributed by atoms with Gasteiger partial charge in [0.1, 0.15) is 5.60 Å². The topological polar surface area (TPSA) is 45.2 Å². The number of amides is 1. The summed E-state index contributed by atoms with van der Waals surface area (Å²) in [5.74, 6) is 0. The van der Waals surface area contributed by atoms with Gasteiger partial charge < -0.3 is 14.4 Å². The second-order valence-corrected chi connectivity index (χ2v) is 8.64. The van der Waals surface area contributed by atoms with E-state index in [-0.39, 0.29) is 11.6 Å². The van der Waals surface area contributed by atoms with Gasteiger partial charge in [0.25, 0.3) is 0 Å². The number of piperazine rings is 1. The summed E-state index contributed by atoms with van der Waals surface area (Å²) in [7, 11) is 1.76. The highest BCUT2D eigenvalue weighted by Gasteiger charge is 2.37. The van der Waals surface area contributed by atoms with Crippen LogP contribution in [0.15, 0.2) is 0 Å². The van der Waals surface area contributed by atoms with E-state index in [1.165, 1.54) is 0 Å². The van der Waals surface area contributed by atoms with E-state index in [2.05, 4.69) is 16.7 Å². The maximum atomic E-state index is 12.4. The molecule has 0 aromatic rings. The van der Waals surface area contributed by atoms with Gasteiger partial charge in [-0.1, -0.05) is 0 Å². The summed E-state index contributed by atoms with van der Waals surface area (Å²) in [6.45, 7) is 16.0. The molecule has 2 rings (SSSR count). The van der Waals surface area contributed by atoms with Crippen molar-refractivity contribution in [1.29, 1.82) is 0 Å². The molecular formula is C19H37N3O3. The molecule has 0 aliphatic carbocycles. The van der Waals surface area contributed by atoms with E-state index >= 15 is 0 Å². The van der Waals surface area contributed by atoms with Crippen LogP contribution in [0, 0.1) is 0 Å². The van der Waals surface area contributed by atoms with Crippen molar-refractivity contribution in [3.05, 3.63) is 0 Å². The Morgan fingerprint density at radius 2 is 1.72 bits per heavy atom. The molecule has 1 atom stereocenters. The SMILES string of the molecule is COCCN1CCN(C2(C)CCCN(C(=O)OC(C)(C)C)CC2)CC1. The third-order valence-corrected chi connectivity index (χ3v) is 5.46. The van der Waals surface area contributed by atoms with Gasteiger partial charge in [0, 0.05) is 58.5 Å². The van der Waals surface area contributed by atoms with Gasteiger partial charge >= 0.3 is 6.09 Å². The zero-order chi connectivity index (χ0) is 18.5. The number of carbonyl (C=O) groups excluding carboxylic acids is 1. The molecule has 0 aromatic heterocycles. The first-order valence-corrected chi connectivity index (χ1v) is 9.68. The highest BCUT2D eigenvalue weighted by atomic mass is 16.6. The average Bonchev–Trinajstić information content (AvgIpc) is 2.75. The van der Waals surface area contributed by atoms with Crippen LogP contribution in [0.1, 0.15) is 47.0 Å². The van der Waals surface area contributed by atoms with Crippen molar-refractivity contribution in [2.24, 2.45) is 0 Å². The van der Waals surface area contributed by atoms with Gasteiger partial charge in [-0.05, 0) is 47.0 Å². The van der Waals surface area contributed by atoms with E-state index in [4.69, 9.17) is 9.47 Å². The van der Waals surface area contributed by atoms with Crippen molar-refractivity contribution in [3.8, 4) is 0 Å². The lowest BCUT2D eigenvalue weighted by Gasteiger charge is -2.46. The predicted octanol–water partition coefficient (Wildman–Crippen LogP) is 2.43. The lowest BCUT2D eigenvalue weighted by atomic mass is 9.90. The molecule has 2 saturated heterocycles. The summed E-state index contributed by atoms with van der Waals surface area (Å²) in [5.41, 5.74) is -0.241. The number of nitrogens with zero attached hydrogens (tertiary/aromatic N) is 3. The third kappa shape index (κ3) is 6.12. The normalized spacial score (nSPS) is 27.2. The van der Waals surface area contributed by atoms with E-state index in [9.17, 15) is 4.79 Å². The first-order chi connectivity index (χ1) is 11.7. The van der Waals surface area contributed by atoms with Crippen molar-refractivity contribution in [2.45, 2.75) is 58.1 Å². The van der Waals surface area contributed by atoms with Crippen LogP contribution in [0.3, 0.4) is 0 Å². The Morgan fingerprint density at radius 3 is 2.32 bits per heavy atom. The summed E-state index contributed by atoms with van der Waals surface area (Å²) in [4.78, 5) is 19.4. The number of carbonyl (C=O) groups is 1. The minimum Gasteiger partial charge on any atom is -0.444 e. The Hall–Kier alpha value is -0.850. The van der Waals surface area contributed by atoms with E-state index in [1.807, 2.05) is 25.7 Å². The summed E-state index contributed by atoms with van der Waals surface area (Å²) >= 11 is 0. The largest absolute Gasteiger partial charge is 0.444 e. The van der Waals surface area contributed by atoms with Crippen molar-refractivity contribution in [2.75, 3.05) is 59.5 Å². The maximum Gasteiger partial charge on any atom is 0.410 e. The summed E-state index contributed by atoms with van der Waals surface area (Å²) < 4.78 is 10.7. The zero-order valence-corrected chi connectivity index (χ0v) is 16.8. The van der Waals surface area contributed by atoms with Crippen LogP contribution in [-0.4, -0.2) is 91.5 Å². The molecule has 0 radical (unpaired) electrons. The number of ether oxygens (including phenoxy) is 2. The fourth-order valence-electron chi connectivity index (χ4n) is 3.82. The summed E-state index contributed by atoms with van der Waals surface area (Å²) in [5, 5.41) is 0. The van der Waals surface area contributed by atoms with Crippen molar-refractivity contribution >= 4 is 6.09 Å². The van der Waals surface area contributed by atoms with Crippen molar-refractivity contribution < 1.29 is 14.3 Å². The Bertz CT molecular complexity index is 430. The molecule has 0 aromatic carbocycles. The smallest absolute Gasteiger partial charge is 0.410 e. The van der Waals surface area contributed by atoms with Crippen LogP contribution in [-0.2, 0) is 9.47 Å². The third-order valence-electron chi connectivity index (χ3n) is 5.46. The standard InChI is InChI=1S/C19H37N3O3/c1-18(2,3)25-17(23)21-9-6-7-19(4,8-10-21)22-13-11-20(12-14-22)15-16-24-5/h6-16H2,1-5H3. The molecule has 2 fully saturated rings. The quantitative estimate of drug-likeness (QED) is 0.775. The first-order valence-electron chi connectivity index (χ1n) is 9.68. The van der Waals surface area contributed by atoms with Crippen LogP contribution in [0.25, 0.3) is 0 Å². The molecule has 0 bridgehead atoms. The molecule has 1 unspecified atom stereocenters. The average molecular weight is 356 g/mol. The second kappa shape index (κ2) is 8.69. The molecule has 25 heavy (non-hydrogen) atoms. The molecule has 6 heteroatoms. The predicted molar refractivity (Wildman–Crippen MR) is 100.0 cm³/mol. The second-order valence-electron chi connectivity index (χ2n) is 8.64. The number of hydrogen-bond donors (Lipinski definition) is 0. The van der Waals surface area contributed by atoms with Crippen LogP contribution < -0.4 is 0 Å². The minimum atomic E-state index is -0.425. The van der Waals surface area contributed by atoms with Crippen LogP contribution in [0.4, 0.5) is 4.79 Å². The number of hydrogen-bond acceptors (Lipinski definition) is 5. The molecule has 6 nitrogen and oxygen atoms in total. The monoisotopic (exact) mass is 355 g/mol. The Balaban J connectivity index is 1.85. The summed E-state index contributed by atoms with van der Waals surface area (Å²) in [6.07, 6.45) is 3.04. The van der Waals surface area contributed by atoms with E-state index in [1.54, 1.807) is 7.11 Å². The van der Waals surface area contributed by atoms with Crippen LogP contribution in [0.5, 0.6) is 0 Å². The molecule has 1 amide bonds. The fraction of sp³-hybridized carbons (Fsp3) is 0.947. The Kier molecular flexibility index (Phi) is 7.11. The molecule has 2 heterocycles. The highest BCUT2D eigenvalue weighted by Crippen LogP contribution is 2.30. The molecule has 2 aliphatic rings. The van der Waals surface area contributed by atoms with Gasteiger partial charge in [-0.2, -0.15) is 0 Å². The Labute approximate surface area is 153 Å². The molecule has 0 spiro atoms. The van der Waals surface area contributed by atoms with Gasteiger partial charge in [0.2, 0.25) is 0 Å². The number of rotatable bonds is 4. The number of likely N-dealkylation sites (tertiary alicyclic amines) is 1. The van der Waals surface area contributed by atoms with Gasteiger partial charge in [0.05, 0.1) is 6.61 Å². The molecule has 2 aliphatic heterocycles. The van der Waals surface area contributed by atoms with E-state index < -0.39 is 5.60 Å². The van der Waals surface area contributed by atoms with Gasteiger partial charge in [-0.25, -0.2) is 4.79 Å². The summed E-state index contributed by atoms with van der Waals surface area (Å²) in [6, 6.07) is 0. The molecule has 0 saturated carbocycles. The van der Waals surface area contributed by atoms with Crippen molar-refractivity contribution in [1.82, 2.24) is 14.7 Å². The number of methoxy groups -OCH3 is 1. The lowest BCUT2D eigenvalue weighted by molar-refractivity contribution is 0.0174. The zero-order valence-electron chi connectivity index (χ0n) is 16.8. The van der Waals surface area contributed by atoms with Crippen molar-refractivity contribution in [3.63, 3.8) is 0 Å². The first kappa shape index (κ1) is 20.5. The molecule has 0 N–H and O–H groups in total. The lowest BCUT2D eigenvalue weighted by Crippen LogP contribution is -2.56. The maximum absolute atomic E-state index is 12.4. The molecule has 146 valence electrons. The van der Waals surface area contributed by atoms with Crippen LogP contribution >= 0.6 is 0 Å². The van der Waals surface area contributed by atoms with Gasteiger partial charge in [0.15, 0.2) is 0 Å². The highest BCUT2D eigenvalue weighted by molar-refractivity contribution is 5.68. The fourth-order valence-corrected chi connectivity index (χ4v) is 3.82. The van der Waals surface area contributed by atoms with Gasteiger partial charge in [-0.3, -0.25) is 9.80 Å². The molecular weight excluding hydrogens is 318 g/mol. The minimum absolute atomic E-state index is 0.166. The Morgan fingerprint density at radius 1 is 1.04 bits per heavy atom. The van der Waals surface area contributed by atoms with Gasteiger partial charge in [-0.15, -0.1) is 0 Å². The van der Waals surface area contributed by atoms with E-state index in [0.717, 1.165) is 71.7 Å². The van der Waals surface area contributed by atoms with E-state index in [0.29, 0.717) is 0 Å². The van der Waals surface area contributed by atoms with Crippen LogP contribution in [0.2, 0.25) is 0 Å².